The standard InChI is InChI=1S/C19H26N4O3/c1-23(2)12-6-11-20-17-10-9-14(13-21-17)22-19(24)18-15(25-3)7-5-8-16(18)26-4/h5,7-10,13H,6,11-12H2,1-4H3,(H,20,21)(H,22,24). The van der Waals surface area contributed by atoms with Crippen LogP contribution in [0.1, 0.15) is 16.8 Å². The number of nitrogens with zero attached hydrogens (tertiary/aromatic N) is 2. The van der Waals surface area contributed by atoms with E-state index in [1.165, 1.54) is 14.2 Å². The monoisotopic (exact) mass is 358 g/mol. The number of hydrogen-bond acceptors (Lipinski definition) is 6. The first-order chi connectivity index (χ1) is 12.5. The lowest BCUT2D eigenvalue weighted by atomic mass is 10.1. The highest BCUT2D eigenvalue weighted by Crippen LogP contribution is 2.29. The third-order valence-electron chi connectivity index (χ3n) is 3.76. The van der Waals surface area contributed by atoms with Crippen molar-refractivity contribution in [2.45, 2.75) is 6.42 Å². The zero-order valence-corrected chi connectivity index (χ0v) is 15.7. The smallest absolute Gasteiger partial charge is 0.263 e. The number of rotatable bonds is 9. The molecule has 7 nitrogen and oxygen atoms in total. The van der Waals surface area contributed by atoms with Crippen molar-refractivity contribution in [3.63, 3.8) is 0 Å². The number of methoxy groups -OCH3 is 2. The molecule has 0 aliphatic heterocycles. The summed E-state index contributed by atoms with van der Waals surface area (Å²) in [4.78, 5) is 19.1. The van der Waals surface area contributed by atoms with E-state index in [0.717, 1.165) is 25.3 Å². The number of amides is 1. The van der Waals surface area contributed by atoms with Crippen molar-refractivity contribution < 1.29 is 14.3 Å². The molecule has 0 saturated heterocycles. The molecule has 1 amide bonds. The van der Waals surface area contributed by atoms with Crippen LogP contribution in [0.5, 0.6) is 11.5 Å². The first-order valence-corrected chi connectivity index (χ1v) is 8.42. The lowest BCUT2D eigenvalue weighted by Gasteiger charge is -2.13. The molecule has 1 aromatic heterocycles. The molecule has 0 fully saturated rings. The second-order valence-corrected chi connectivity index (χ2v) is 6.01. The number of nitrogens with one attached hydrogen (secondary N) is 2. The largest absolute Gasteiger partial charge is 0.496 e. The third-order valence-corrected chi connectivity index (χ3v) is 3.76. The van der Waals surface area contributed by atoms with E-state index in [9.17, 15) is 4.79 Å². The number of benzene rings is 1. The maximum Gasteiger partial charge on any atom is 0.263 e. The molecule has 7 heteroatoms. The van der Waals surface area contributed by atoms with Crippen LogP contribution in [0.25, 0.3) is 0 Å². The predicted molar refractivity (Wildman–Crippen MR) is 103 cm³/mol. The highest BCUT2D eigenvalue weighted by molar-refractivity contribution is 6.08. The number of ether oxygens (including phenoxy) is 2. The van der Waals surface area contributed by atoms with E-state index < -0.39 is 0 Å². The van der Waals surface area contributed by atoms with Gasteiger partial charge in [-0.05, 0) is 51.3 Å². The molecule has 1 aromatic carbocycles. The van der Waals surface area contributed by atoms with Crippen molar-refractivity contribution in [1.29, 1.82) is 0 Å². The molecule has 2 rings (SSSR count). The van der Waals surface area contributed by atoms with Gasteiger partial charge < -0.3 is 25.0 Å². The molecule has 0 aliphatic carbocycles. The number of aromatic nitrogens is 1. The van der Waals surface area contributed by atoms with Crippen LogP contribution in [-0.2, 0) is 0 Å². The summed E-state index contributed by atoms with van der Waals surface area (Å²) in [6.45, 7) is 1.86. The maximum atomic E-state index is 12.6. The molecule has 26 heavy (non-hydrogen) atoms. The van der Waals surface area contributed by atoms with Crippen molar-refractivity contribution in [3.8, 4) is 11.5 Å². The molecule has 0 spiro atoms. The summed E-state index contributed by atoms with van der Waals surface area (Å²) in [5, 5.41) is 6.08. The highest BCUT2D eigenvalue weighted by Gasteiger charge is 2.18. The normalized spacial score (nSPS) is 10.5. The second-order valence-electron chi connectivity index (χ2n) is 6.01. The molecule has 0 atom stereocenters. The first-order valence-electron chi connectivity index (χ1n) is 8.42. The third kappa shape index (κ3) is 5.35. The minimum atomic E-state index is -0.312. The van der Waals surface area contributed by atoms with Crippen LogP contribution in [0.4, 0.5) is 11.5 Å². The van der Waals surface area contributed by atoms with E-state index in [0.29, 0.717) is 22.7 Å². The zero-order chi connectivity index (χ0) is 18.9. The Hall–Kier alpha value is -2.80. The Bertz CT molecular complexity index is 695. The van der Waals surface area contributed by atoms with Crippen LogP contribution < -0.4 is 20.1 Å². The zero-order valence-electron chi connectivity index (χ0n) is 15.7. The average Bonchev–Trinajstić information content (AvgIpc) is 2.65. The number of pyridine rings is 1. The van der Waals surface area contributed by atoms with Crippen molar-refractivity contribution >= 4 is 17.4 Å². The van der Waals surface area contributed by atoms with E-state index in [1.54, 1.807) is 30.5 Å². The lowest BCUT2D eigenvalue weighted by molar-refractivity contribution is 0.102. The summed E-state index contributed by atoms with van der Waals surface area (Å²) < 4.78 is 10.5. The molecule has 0 saturated carbocycles. The van der Waals surface area contributed by atoms with Crippen LogP contribution in [-0.4, -0.2) is 57.2 Å². The SMILES string of the molecule is COc1cccc(OC)c1C(=O)Nc1ccc(NCCCN(C)C)nc1. The van der Waals surface area contributed by atoms with E-state index in [-0.39, 0.29) is 5.91 Å². The van der Waals surface area contributed by atoms with Gasteiger partial charge in [0.2, 0.25) is 0 Å². The van der Waals surface area contributed by atoms with Crippen LogP contribution in [0.3, 0.4) is 0 Å². The summed E-state index contributed by atoms with van der Waals surface area (Å²) >= 11 is 0. The number of carbonyl (C=O) groups excluding carboxylic acids is 1. The summed E-state index contributed by atoms with van der Waals surface area (Å²) in [5.41, 5.74) is 0.949. The van der Waals surface area contributed by atoms with Crippen molar-refractivity contribution in [1.82, 2.24) is 9.88 Å². The fraction of sp³-hybridized carbons (Fsp3) is 0.368. The Labute approximate surface area is 154 Å². The van der Waals surface area contributed by atoms with E-state index in [1.807, 2.05) is 20.2 Å². The number of hydrogen-bond donors (Lipinski definition) is 2. The molecule has 0 bridgehead atoms. The summed E-state index contributed by atoms with van der Waals surface area (Å²) in [7, 11) is 7.13. The minimum absolute atomic E-state index is 0.312. The van der Waals surface area contributed by atoms with Crippen LogP contribution in [0.2, 0.25) is 0 Å². The van der Waals surface area contributed by atoms with Gasteiger partial charge in [0.15, 0.2) is 0 Å². The molecule has 0 aliphatic rings. The van der Waals surface area contributed by atoms with Gasteiger partial charge in [0.05, 0.1) is 26.1 Å². The van der Waals surface area contributed by atoms with Gasteiger partial charge in [-0.3, -0.25) is 4.79 Å². The highest BCUT2D eigenvalue weighted by atomic mass is 16.5. The van der Waals surface area contributed by atoms with Gasteiger partial charge >= 0.3 is 0 Å². The van der Waals surface area contributed by atoms with E-state index in [4.69, 9.17) is 9.47 Å². The van der Waals surface area contributed by atoms with Crippen LogP contribution in [0.15, 0.2) is 36.5 Å². The topological polar surface area (TPSA) is 75.7 Å². The Kier molecular flexibility index (Phi) is 7.23. The predicted octanol–water partition coefficient (Wildman–Crippen LogP) is 2.71. The van der Waals surface area contributed by atoms with Crippen LogP contribution >= 0.6 is 0 Å². The van der Waals surface area contributed by atoms with Gasteiger partial charge in [-0.1, -0.05) is 6.07 Å². The Balaban J connectivity index is 2.00. The molecule has 2 aromatic rings. The number of carbonyl (C=O) groups is 1. The molecule has 1 heterocycles. The lowest BCUT2D eigenvalue weighted by Crippen LogP contribution is -2.17. The second kappa shape index (κ2) is 9.62. The van der Waals surface area contributed by atoms with E-state index >= 15 is 0 Å². The molecule has 0 unspecified atom stereocenters. The van der Waals surface area contributed by atoms with E-state index in [2.05, 4.69) is 20.5 Å². The van der Waals surface area contributed by atoms with Crippen molar-refractivity contribution in [2.75, 3.05) is 52.0 Å². The molecule has 2 N–H and O–H groups in total. The van der Waals surface area contributed by atoms with Gasteiger partial charge in [0.1, 0.15) is 22.9 Å². The molecular formula is C19H26N4O3. The molecule has 140 valence electrons. The van der Waals surface area contributed by atoms with Gasteiger partial charge in [-0.15, -0.1) is 0 Å². The van der Waals surface area contributed by atoms with Gasteiger partial charge in [-0.25, -0.2) is 4.98 Å². The van der Waals surface area contributed by atoms with Gasteiger partial charge in [0, 0.05) is 6.54 Å². The fourth-order valence-electron chi connectivity index (χ4n) is 2.45. The number of anilines is 2. The molecular weight excluding hydrogens is 332 g/mol. The summed E-state index contributed by atoms with van der Waals surface area (Å²) in [6, 6.07) is 8.85. The molecule has 0 radical (unpaired) electrons. The summed E-state index contributed by atoms with van der Waals surface area (Å²) in [5.74, 6) is 1.37. The maximum absolute atomic E-state index is 12.6. The van der Waals surface area contributed by atoms with Crippen molar-refractivity contribution in [3.05, 3.63) is 42.1 Å². The van der Waals surface area contributed by atoms with Crippen molar-refractivity contribution in [2.24, 2.45) is 0 Å². The van der Waals surface area contributed by atoms with Crippen LogP contribution in [0, 0.1) is 0 Å². The van der Waals surface area contributed by atoms with Gasteiger partial charge in [0.25, 0.3) is 5.91 Å². The Morgan fingerprint density at radius 2 is 1.81 bits per heavy atom. The Morgan fingerprint density at radius 3 is 2.35 bits per heavy atom. The first kappa shape index (κ1) is 19.5. The summed E-state index contributed by atoms with van der Waals surface area (Å²) in [6.07, 6.45) is 2.65. The minimum Gasteiger partial charge on any atom is -0.496 e. The quantitative estimate of drug-likeness (QED) is 0.671. The van der Waals surface area contributed by atoms with Gasteiger partial charge in [-0.2, -0.15) is 0 Å². The Morgan fingerprint density at radius 1 is 1.12 bits per heavy atom. The average molecular weight is 358 g/mol. The fourth-order valence-corrected chi connectivity index (χ4v) is 2.45.